The van der Waals surface area contributed by atoms with E-state index in [0.29, 0.717) is 29.4 Å². The number of halogens is 2. The van der Waals surface area contributed by atoms with E-state index >= 15 is 0 Å². The van der Waals surface area contributed by atoms with Crippen LogP contribution in [0.2, 0.25) is 0 Å². The number of rotatable bonds is 5. The maximum Gasteiger partial charge on any atom is 0.213 e. The maximum atomic E-state index is 13.2. The Kier molecular flexibility index (Phi) is 6.58. The van der Waals surface area contributed by atoms with Crippen molar-refractivity contribution in [1.82, 2.24) is 15.6 Å². The fraction of sp³-hybridized carbons (Fsp3) is 0.444. The number of benzene rings is 1. The van der Waals surface area contributed by atoms with Gasteiger partial charge in [0.1, 0.15) is 11.6 Å². The Bertz CT molecular complexity index is 737. The van der Waals surface area contributed by atoms with Crippen molar-refractivity contribution < 1.29 is 8.81 Å². The smallest absolute Gasteiger partial charge is 0.213 e. The van der Waals surface area contributed by atoms with Crippen LogP contribution < -0.4 is 10.6 Å². The standard InChI is InChI=1S/C18H24BrFN4O/c1-18(2,3)15-10-23-16(25-15)11-24-17(21-4)22-8-7-12-5-6-14(20)13(19)9-12/h5-6,9-10H,7-8,11H2,1-4H3,(H2,21,22,24). The Morgan fingerprint density at radius 2 is 2.08 bits per heavy atom. The molecule has 0 bridgehead atoms. The van der Waals surface area contributed by atoms with E-state index in [0.717, 1.165) is 17.7 Å². The van der Waals surface area contributed by atoms with E-state index in [4.69, 9.17) is 4.42 Å². The summed E-state index contributed by atoms with van der Waals surface area (Å²) in [6.07, 6.45) is 2.52. The van der Waals surface area contributed by atoms with Crippen molar-refractivity contribution >= 4 is 21.9 Å². The number of oxazole rings is 1. The third-order valence-electron chi connectivity index (χ3n) is 3.61. The molecule has 2 aromatic rings. The lowest BCUT2D eigenvalue weighted by molar-refractivity contribution is 0.379. The van der Waals surface area contributed by atoms with E-state index in [1.807, 2.05) is 0 Å². The molecule has 0 aliphatic carbocycles. The van der Waals surface area contributed by atoms with Gasteiger partial charge in [-0.3, -0.25) is 4.99 Å². The number of nitrogens with one attached hydrogen (secondary N) is 2. The molecule has 2 N–H and O–H groups in total. The molecule has 0 spiro atoms. The van der Waals surface area contributed by atoms with Crippen molar-refractivity contribution in [3.63, 3.8) is 0 Å². The molecule has 5 nitrogen and oxygen atoms in total. The second-order valence-corrected chi connectivity index (χ2v) is 7.57. The highest BCUT2D eigenvalue weighted by Crippen LogP contribution is 2.22. The molecule has 0 radical (unpaired) electrons. The summed E-state index contributed by atoms with van der Waals surface area (Å²) in [5, 5.41) is 6.39. The van der Waals surface area contributed by atoms with E-state index in [9.17, 15) is 4.39 Å². The molecule has 0 saturated heterocycles. The minimum Gasteiger partial charge on any atom is -0.443 e. The maximum absolute atomic E-state index is 13.2. The van der Waals surface area contributed by atoms with Crippen LogP contribution in [0.1, 0.15) is 38.0 Å². The number of aromatic nitrogens is 1. The fourth-order valence-electron chi connectivity index (χ4n) is 2.14. The Labute approximate surface area is 156 Å². The molecule has 2 rings (SSSR count). The number of hydrogen-bond donors (Lipinski definition) is 2. The second kappa shape index (κ2) is 8.47. The SMILES string of the molecule is CN=C(NCCc1ccc(F)c(Br)c1)NCc1ncc(C(C)(C)C)o1. The third kappa shape index (κ3) is 5.85. The lowest BCUT2D eigenvalue weighted by atomic mass is 9.94. The number of nitrogens with zero attached hydrogens (tertiary/aromatic N) is 2. The summed E-state index contributed by atoms with van der Waals surface area (Å²) in [5.41, 5.74) is 0.980. The van der Waals surface area contributed by atoms with Gasteiger partial charge in [-0.05, 0) is 40.0 Å². The van der Waals surface area contributed by atoms with Crippen molar-refractivity contribution in [2.75, 3.05) is 13.6 Å². The van der Waals surface area contributed by atoms with Gasteiger partial charge in [-0.25, -0.2) is 9.37 Å². The number of hydrogen-bond acceptors (Lipinski definition) is 3. The summed E-state index contributed by atoms with van der Waals surface area (Å²) < 4.78 is 19.5. The van der Waals surface area contributed by atoms with E-state index in [1.165, 1.54) is 6.07 Å². The summed E-state index contributed by atoms with van der Waals surface area (Å²) in [7, 11) is 1.71. The summed E-state index contributed by atoms with van der Waals surface area (Å²) in [6, 6.07) is 5.02. The van der Waals surface area contributed by atoms with Crippen LogP contribution in [0.4, 0.5) is 4.39 Å². The van der Waals surface area contributed by atoms with Crippen LogP contribution >= 0.6 is 15.9 Å². The summed E-state index contributed by atoms with van der Waals surface area (Å²) in [6.45, 7) is 7.38. The van der Waals surface area contributed by atoms with Gasteiger partial charge >= 0.3 is 0 Å². The van der Waals surface area contributed by atoms with Crippen molar-refractivity contribution in [2.24, 2.45) is 4.99 Å². The Balaban J connectivity index is 1.80. The monoisotopic (exact) mass is 410 g/mol. The van der Waals surface area contributed by atoms with Crippen LogP contribution in [0.25, 0.3) is 0 Å². The Hall–Kier alpha value is -1.89. The molecule has 1 heterocycles. The van der Waals surface area contributed by atoms with Gasteiger partial charge < -0.3 is 15.1 Å². The van der Waals surface area contributed by atoms with Crippen LogP contribution in [0, 0.1) is 5.82 Å². The van der Waals surface area contributed by atoms with Gasteiger partial charge in [-0.15, -0.1) is 0 Å². The minimum absolute atomic E-state index is 0.0609. The molecule has 0 aliphatic heterocycles. The first-order valence-corrected chi connectivity index (χ1v) is 8.92. The van der Waals surface area contributed by atoms with Gasteiger partial charge in [-0.1, -0.05) is 26.8 Å². The van der Waals surface area contributed by atoms with Gasteiger partial charge in [0.05, 0.1) is 17.2 Å². The molecule has 25 heavy (non-hydrogen) atoms. The predicted molar refractivity (Wildman–Crippen MR) is 101 cm³/mol. The average Bonchev–Trinajstić information content (AvgIpc) is 3.03. The predicted octanol–water partition coefficient (Wildman–Crippen LogP) is 3.78. The molecule has 1 aromatic heterocycles. The minimum atomic E-state index is -0.255. The summed E-state index contributed by atoms with van der Waals surface area (Å²) in [4.78, 5) is 8.46. The van der Waals surface area contributed by atoms with E-state index in [2.05, 4.69) is 57.3 Å². The summed E-state index contributed by atoms with van der Waals surface area (Å²) >= 11 is 3.20. The molecule has 0 aliphatic rings. The number of guanidine groups is 1. The molecule has 0 unspecified atom stereocenters. The molecule has 0 atom stereocenters. The first-order valence-electron chi connectivity index (χ1n) is 8.13. The Morgan fingerprint density at radius 3 is 2.68 bits per heavy atom. The van der Waals surface area contributed by atoms with Crippen LogP contribution in [0.3, 0.4) is 0 Å². The molecular weight excluding hydrogens is 387 g/mol. The van der Waals surface area contributed by atoms with E-state index < -0.39 is 0 Å². The highest BCUT2D eigenvalue weighted by molar-refractivity contribution is 9.10. The highest BCUT2D eigenvalue weighted by atomic mass is 79.9. The lowest BCUT2D eigenvalue weighted by Gasteiger charge is -2.13. The zero-order valence-electron chi connectivity index (χ0n) is 15.0. The van der Waals surface area contributed by atoms with Gasteiger partial charge in [0.2, 0.25) is 5.89 Å². The first kappa shape index (κ1) is 19.4. The normalized spacial score (nSPS) is 12.3. The zero-order chi connectivity index (χ0) is 18.4. The van der Waals surface area contributed by atoms with Gasteiger partial charge in [0, 0.05) is 19.0 Å². The van der Waals surface area contributed by atoms with Crippen molar-refractivity contribution in [3.8, 4) is 0 Å². The van der Waals surface area contributed by atoms with E-state index in [-0.39, 0.29) is 11.2 Å². The van der Waals surface area contributed by atoms with Crippen LogP contribution in [0.15, 0.2) is 38.3 Å². The molecule has 136 valence electrons. The van der Waals surface area contributed by atoms with Gasteiger partial charge in [-0.2, -0.15) is 0 Å². The van der Waals surface area contributed by atoms with Crippen molar-refractivity contribution in [3.05, 3.63) is 51.9 Å². The van der Waals surface area contributed by atoms with Crippen molar-refractivity contribution in [1.29, 1.82) is 0 Å². The quantitative estimate of drug-likeness (QED) is 0.581. The molecule has 0 amide bonds. The van der Waals surface area contributed by atoms with Crippen LogP contribution in [-0.4, -0.2) is 24.5 Å². The van der Waals surface area contributed by atoms with Crippen molar-refractivity contribution in [2.45, 2.75) is 39.2 Å². The highest BCUT2D eigenvalue weighted by Gasteiger charge is 2.19. The molecule has 7 heteroatoms. The topological polar surface area (TPSA) is 62.5 Å². The molecule has 1 aromatic carbocycles. The zero-order valence-corrected chi connectivity index (χ0v) is 16.6. The average molecular weight is 411 g/mol. The lowest BCUT2D eigenvalue weighted by Crippen LogP contribution is -2.37. The Morgan fingerprint density at radius 1 is 1.32 bits per heavy atom. The molecule has 0 saturated carbocycles. The molecule has 0 fully saturated rings. The fourth-order valence-corrected chi connectivity index (χ4v) is 2.57. The van der Waals surface area contributed by atoms with E-state index in [1.54, 1.807) is 25.4 Å². The number of aliphatic imine (C=N–C) groups is 1. The van der Waals surface area contributed by atoms with Crippen LogP contribution in [0.5, 0.6) is 0 Å². The first-order chi connectivity index (χ1) is 11.8. The second-order valence-electron chi connectivity index (χ2n) is 6.72. The van der Waals surface area contributed by atoms with Gasteiger partial charge in [0.15, 0.2) is 5.96 Å². The largest absolute Gasteiger partial charge is 0.443 e. The van der Waals surface area contributed by atoms with Crippen LogP contribution in [-0.2, 0) is 18.4 Å². The van der Waals surface area contributed by atoms with Gasteiger partial charge in [0.25, 0.3) is 0 Å². The molecular formula is C18H24BrFN4O. The third-order valence-corrected chi connectivity index (χ3v) is 4.22. The summed E-state index contributed by atoms with van der Waals surface area (Å²) in [5.74, 6) is 1.89.